The van der Waals surface area contributed by atoms with E-state index in [0.717, 1.165) is 17.9 Å². The fourth-order valence-electron chi connectivity index (χ4n) is 1.96. The largest absolute Gasteiger partial charge is 0.488 e. The molecular formula is C18H30O2. The molecule has 2 heteroatoms. The SMILES string of the molecule is CCCCc1cc(OC(C)(C)C)ccc1OC(C)(C)C. The van der Waals surface area contributed by atoms with Gasteiger partial charge in [-0.25, -0.2) is 0 Å². The average Bonchev–Trinajstić information content (AvgIpc) is 2.25. The Morgan fingerprint density at radius 2 is 1.50 bits per heavy atom. The van der Waals surface area contributed by atoms with Crippen molar-refractivity contribution in [3.8, 4) is 11.5 Å². The van der Waals surface area contributed by atoms with Gasteiger partial charge in [0.25, 0.3) is 0 Å². The molecule has 0 fully saturated rings. The monoisotopic (exact) mass is 278 g/mol. The van der Waals surface area contributed by atoms with Crippen molar-refractivity contribution in [1.29, 1.82) is 0 Å². The Bertz CT molecular complexity index is 422. The van der Waals surface area contributed by atoms with E-state index in [0.29, 0.717) is 0 Å². The summed E-state index contributed by atoms with van der Waals surface area (Å²) in [4.78, 5) is 0. The summed E-state index contributed by atoms with van der Waals surface area (Å²) in [6.07, 6.45) is 3.38. The minimum absolute atomic E-state index is 0.172. The Labute approximate surface area is 124 Å². The van der Waals surface area contributed by atoms with E-state index in [-0.39, 0.29) is 11.2 Å². The molecule has 0 aliphatic carbocycles. The van der Waals surface area contributed by atoms with Gasteiger partial charge in [0.1, 0.15) is 22.7 Å². The lowest BCUT2D eigenvalue weighted by Crippen LogP contribution is -2.24. The number of unbranched alkanes of at least 4 members (excludes halogenated alkanes) is 1. The molecule has 2 nitrogen and oxygen atoms in total. The van der Waals surface area contributed by atoms with E-state index >= 15 is 0 Å². The maximum Gasteiger partial charge on any atom is 0.123 e. The molecule has 0 saturated carbocycles. The average molecular weight is 278 g/mol. The zero-order valence-electron chi connectivity index (χ0n) is 14.2. The minimum Gasteiger partial charge on any atom is -0.488 e. The van der Waals surface area contributed by atoms with Crippen molar-refractivity contribution >= 4 is 0 Å². The molecule has 0 radical (unpaired) electrons. The number of aryl methyl sites for hydroxylation is 1. The first kappa shape index (κ1) is 16.9. The second-order valence-corrected chi connectivity index (χ2v) is 7.30. The number of benzene rings is 1. The number of ether oxygens (including phenoxy) is 2. The summed E-state index contributed by atoms with van der Waals surface area (Å²) in [5, 5.41) is 0. The zero-order chi connectivity index (χ0) is 15.4. The third kappa shape index (κ3) is 6.31. The first-order valence-electron chi connectivity index (χ1n) is 7.62. The highest BCUT2D eigenvalue weighted by atomic mass is 16.5. The molecule has 0 spiro atoms. The molecule has 1 rings (SSSR count). The van der Waals surface area contributed by atoms with Crippen molar-refractivity contribution in [2.75, 3.05) is 0 Å². The van der Waals surface area contributed by atoms with Crippen LogP contribution in [0, 0.1) is 0 Å². The Morgan fingerprint density at radius 1 is 0.900 bits per heavy atom. The predicted octanol–water partition coefficient (Wildman–Crippen LogP) is 5.38. The van der Waals surface area contributed by atoms with Crippen LogP contribution < -0.4 is 9.47 Å². The van der Waals surface area contributed by atoms with Gasteiger partial charge in [0.05, 0.1) is 0 Å². The molecule has 0 unspecified atom stereocenters. The fraction of sp³-hybridized carbons (Fsp3) is 0.667. The van der Waals surface area contributed by atoms with Crippen LogP contribution in [0.5, 0.6) is 11.5 Å². The maximum atomic E-state index is 6.06. The standard InChI is InChI=1S/C18H30O2/c1-8-9-10-14-13-15(19-17(2,3)4)11-12-16(14)20-18(5,6)7/h11-13H,8-10H2,1-7H3. The van der Waals surface area contributed by atoms with Gasteiger partial charge in [0.15, 0.2) is 0 Å². The molecule has 0 aliphatic rings. The van der Waals surface area contributed by atoms with Crippen molar-refractivity contribution in [2.45, 2.75) is 78.9 Å². The molecular weight excluding hydrogens is 248 g/mol. The Hall–Kier alpha value is -1.18. The second kappa shape index (κ2) is 6.51. The van der Waals surface area contributed by atoms with Crippen molar-refractivity contribution in [3.63, 3.8) is 0 Å². The molecule has 20 heavy (non-hydrogen) atoms. The summed E-state index contributed by atoms with van der Waals surface area (Å²) in [7, 11) is 0. The van der Waals surface area contributed by atoms with Gasteiger partial charge in [0, 0.05) is 0 Å². The minimum atomic E-state index is -0.173. The van der Waals surface area contributed by atoms with Crippen LogP contribution in [-0.4, -0.2) is 11.2 Å². The number of hydrogen-bond acceptors (Lipinski definition) is 2. The van der Waals surface area contributed by atoms with Crippen LogP contribution in [-0.2, 0) is 6.42 Å². The highest BCUT2D eigenvalue weighted by Crippen LogP contribution is 2.30. The van der Waals surface area contributed by atoms with Gasteiger partial charge >= 0.3 is 0 Å². The maximum absolute atomic E-state index is 6.06. The van der Waals surface area contributed by atoms with Crippen LogP contribution in [0.2, 0.25) is 0 Å². The van der Waals surface area contributed by atoms with Gasteiger partial charge in [-0.2, -0.15) is 0 Å². The van der Waals surface area contributed by atoms with Gasteiger partial charge in [-0.1, -0.05) is 13.3 Å². The molecule has 0 amide bonds. The third-order valence-electron chi connectivity index (χ3n) is 2.67. The molecule has 114 valence electrons. The highest BCUT2D eigenvalue weighted by Gasteiger charge is 2.17. The van der Waals surface area contributed by atoms with E-state index in [1.807, 2.05) is 12.1 Å². The van der Waals surface area contributed by atoms with Crippen LogP contribution in [0.3, 0.4) is 0 Å². The molecule has 0 atom stereocenters. The molecule has 0 saturated heterocycles. The van der Waals surface area contributed by atoms with Crippen LogP contribution in [0.1, 0.15) is 66.9 Å². The summed E-state index contributed by atoms with van der Waals surface area (Å²) in [6.45, 7) is 14.6. The van der Waals surface area contributed by atoms with Crippen LogP contribution in [0.25, 0.3) is 0 Å². The van der Waals surface area contributed by atoms with Crippen LogP contribution in [0.15, 0.2) is 18.2 Å². The summed E-state index contributed by atoms with van der Waals surface area (Å²) in [5.74, 6) is 1.90. The quantitative estimate of drug-likeness (QED) is 0.719. The summed E-state index contributed by atoms with van der Waals surface area (Å²) in [5.41, 5.74) is 0.894. The molecule has 0 N–H and O–H groups in total. The van der Waals surface area contributed by atoms with E-state index < -0.39 is 0 Å². The first-order chi connectivity index (χ1) is 9.11. The Balaban J connectivity index is 2.99. The number of rotatable bonds is 5. The summed E-state index contributed by atoms with van der Waals surface area (Å²) in [6, 6.07) is 6.17. The third-order valence-corrected chi connectivity index (χ3v) is 2.67. The van der Waals surface area contributed by atoms with Crippen LogP contribution in [0.4, 0.5) is 0 Å². The van der Waals surface area contributed by atoms with Crippen molar-refractivity contribution in [2.24, 2.45) is 0 Å². The van der Waals surface area contributed by atoms with E-state index in [4.69, 9.17) is 9.47 Å². The lowest BCUT2D eigenvalue weighted by molar-refractivity contribution is 0.124. The van der Waals surface area contributed by atoms with E-state index in [1.165, 1.54) is 18.4 Å². The first-order valence-corrected chi connectivity index (χ1v) is 7.62. The predicted molar refractivity (Wildman–Crippen MR) is 85.8 cm³/mol. The lowest BCUT2D eigenvalue weighted by Gasteiger charge is -2.25. The van der Waals surface area contributed by atoms with Gasteiger partial charge in [-0.05, 0) is 78.1 Å². The van der Waals surface area contributed by atoms with E-state index in [2.05, 4.69) is 54.5 Å². The van der Waals surface area contributed by atoms with Crippen molar-refractivity contribution in [1.82, 2.24) is 0 Å². The molecule has 0 aliphatic heterocycles. The second-order valence-electron chi connectivity index (χ2n) is 7.30. The van der Waals surface area contributed by atoms with Gasteiger partial charge in [-0.3, -0.25) is 0 Å². The zero-order valence-corrected chi connectivity index (χ0v) is 14.2. The van der Waals surface area contributed by atoms with Gasteiger partial charge < -0.3 is 9.47 Å². The van der Waals surface area contributed by atoms with Gasteiger partial charge in [-0.15, -0.1) is 0 Å². The molecule has 0 heterocycles. The highest BCUT2D eigenvalue weighted by molar-refractivity contribution is 5.41. The molecule has 0 aromatic heterocycles. The molecule has 1 aromatic carbocycles. The van der Waals surface area contributed by atoms with Gasteiger partial charge in [0.2, 0.25) is 0 Å². The van der Waals surface area contributed by atoms with E-state index in [9.17, 15) is 0 Å². The summed E-state index contributed by atoms with van der Waals surface area (Å²) < 4.78 is 12.0. The normalized spacial score (nSPS) is 12.3. The van der Waals surface area contributed by atoms with Crippen LogP contribution >= 0.6 is 0 Å². The smallest absolute Gasteiger partial charge is 0.123 e. The van der Waals surface area contributed by atoms with Crippen molar-refractivity contribution < 1.29 is 9.47 Å². The lowest BCUT2D eigenvalue weighted by atomic mass is 10.1. The summed E-state index contributed by atoms with van der Waals surface area (Å²) >= 11 is 0. The van der Waals surface area contributed by atoms with E-state index in [1.54, 1.807) is 0 Å². The topological polar surface area (TPSA) is 18.5 Å². The Kier molecular flexibility index (Phi) is 5.50. The number of hydrogen-bond donors (Lipinski definition) is 0. The van der Waals surface area contributed by atoms with Crippen molar-refractivity contribution in [3.05, 3.63) is 23.8 Å². The fourth-order valence-corrected chi connectivity index (χ4v) is 1.96. The molecule has 1 aromatic rings. The molecule has 0 bridgehead atoms. The Morgan fingerprint density at radius 3 is 2.00 bits per heavy atom.